The number of hydrogen-bond acceptors (Lipinski definition) is 5. The van der Waals surface area contributed by atoms with E-state index in [1.807, 2.05) is 36.4 Å². The molecule has 2 aromatic carbocycles. The fraction of sp³-hybridized carbons (Fsp3) is 0.167. The first kappa shape index (κ1) is 19.2. The molecule has 1 aliphatic heterocycles. The minimum atomic E-state index is 0.0210. The van der Waals surface area contributed by atoms with Crippen molar-refractivity contribution in [3.63, 3.8) is 0 Å². The van der Waals surface area contributed by atoms with Crippen LogP contribution in [-0.4, -0.2) is 12.3 Å². The number of aryl methyl sites for hydroxylation is 1. The van der Waals surface area contributed by atoms with Gasteiger partial charge in [-0.1, -0.05) is 47.4 Å². The van der Waals surface area contributed by atoms with Crippen molar-refractivity contribution < 1.29 is 9.36 Å². The number of anilines is 1. The van der Waals surface area contributed by atoms with Crippen LogP contribution >= 0.6 is 23.1 Å². The molecule has 5 rings (SSSR count). The number of carbonyl (C=O) groups excluding carboxylic acids is 1. The fourth-order valence-electron chi connectivity index (χ4n) is 3.98. The van der Waals surface area contributed by atoms with Gasteiger partial charge in [-0.05, 0) is 38.1 Å². The standard InChI is InChI=1S/C24H21N3OS2/c1-3-26-17-9-5-7-11-19(17)29-21(26)13-15-23(25)16(24(15)28)14-22-27(4-2)18-10-6-8-12-20(18)30-22/h5-14H,3-4H2,1-2H3,(H-,25,28)/p+1. The zero-order chi connectivity index (χ0) is 20.8. The van der Waals surface area contributed by atoms with E-state index in [0.29, 0.717) is 16.8 Å². The smallest absolute Gasteiger partial charge is 0.263 e. The summed E-state index contributed by atoms with van der Waals surface area (Å²) in [7, 11) is 0. The molecule has 0 amide bonds. The van der Waals surface area contributed by atoms with Gasteiger partial charge in [-0.15, -0.1) is 0 Å². The molecule has 2 N–H and O–H groups in total. The molecule has 2 heterocycles. The van der Waals surface area contributed by atoms with Crippen LogP contribution in [0, 0.1) is 0 Å². The first-order valence-electron chi connectivity index (χ1n) is 10.1. The Morgan fingerprint density at radius 3 is 2.60 bits per heavy atom. The van der Waals surface area contributed by atoms with Gasteiger partial charge in [0, 0.05) is 29.2 Å². The number of hydrogen-bond donors (Lipinski definition) is 1. The summed E-state index contributed by atoms with van der Waals surface area (Å²) in [6.45, 7) is 5.93. The van der Waals surface area contributed by atoms with Crippen LogP contribution in [0.15, 0.2) is 81.4 Å². The lowest BCUT2D eigenvalue weighted by Gasteiger charge is -2.23. The van der Waals surface area contributed by atoms with Gasteiger partial charge >= 0.3 is 0 Å². The van der Waals surface area contributed by atoms with Crippen molar-refractivity contribution in [3.05, 3.63) is 81.5 Å². The molecule has 1 aromatic heterocycles. The first-order valence-corrected chi connectivity index (χ1v) is 11.7. The number of thiazole rings is 1. The number of Topliss-reactive ketones (excluding diaryl/α,β-unsaturated/α-hetero) is 1. The second-order valence-corrected chi connectivity index (χ2v) is 9.29. The first-order chi connectivity index (χ1) is 14.6. The average molecular weight is 433 g/mol. The Hall–Kier alpha value is -2.83. The molecule has 4 nitrogen and oxygen atoms in total. The van der Waals surface area contributed by atoms with Crippen LogP contribution in [0.5, 0.6) is 0 Å². The molecule has 0 fully saturated rings. The van der Waals surface area contributed by atoms with Crippen LogP contribution in [0.4, 0.5) is 5.69 Å². The van der Waals surface area contributed by atoms with Crippen molar-refractivity contribution in [1.29, 1.82) is 0 Å². The third kappa shape index (κ3) is 2.90. The van der Waals surface area contributed by atoms with Gasteiger partial charge in [-0.2, -0.15) is 4.57 Å². The summed E-state index contributed by atoms with van der Waals surface area (Å²) >= 11 is 3.38. The molecule has 0 radical (unpaired) electrons. The van der Waals surface area contributed by atoms with Gasteiger partial charge in [-0.3, -0.25) is 4.79 Å². The highest BCUT2D eigenvalue weighted by Crippen LogP contribution is 2.46. The van der Waals surface area contributed by atoms with Gasteiger partial charge in [0.05, 0.1) is 22.0 Å². The molecule has 3 aromatic rings. The SMILES string of the molecule is CCN1C(=CC2=C(N)C(=Cc3sc4ccccc4[n+]3CC)C2=O)Sc2ccccc21. The third-order valence-corrected chi connectivity index (χ3v) is 7.74. The Bertz CT molecular complexity index is 1280. The van der Waals surface area contributed by atoms with Crippen LogP contribution < -0.4 is 15.2 Å². The van der Waals surface area contributed by atoms with Crippen molar-refractivity contribution in [3.8, 4) is 0 Å². The molecular weight excluding hydrogens is 410 g/mol. The van der Waals surface area contributed by atoms with E-state index < -0.39 is 0 Å². The fourth-order valence-corrected chi connectivity index (χ4v) is 6.32. The molecule has 0 bridgehead atoms. The minimum Gasteiger partial charge on any atom is -0.398 e. The highest BCUT2D eigenvalue weighted by atomic mass is 32.2. The maximum absolute atomic E-state index is 13.0. The van der Waals surface area contributed by atoms with Crippen LogP contribution in [-0.2, 0) is 11.3 Å². The quantitative estimate of drug-likeness (QED) is 0.472. The number of rotatable bonds is 4. The summed E-state index contributed by atoms with van der Waals surface area (Å²) in [5.41, 5.74) is 10.6. The van der Waals surface area contributed by atoms with Crippen LogP contribution in [0.25, 0.3) is 16.3 Å². The lowest BCUT2D eigenvalue weighted by Crippen LogP contribution is -2.34. The monoisotopic (exact) mass is 432 g/mol. The van der Waals surface area contributed by atoms with E-state index in [9.17, 15) is 4.79 Å². The lowest BCUT2D eigenvalue weighted by molar-refractivity contribution is -0.665. The molecule has 150 valence electrons. The topological polar surface area (TPSA) is 50.2 Å². The predicted molar refractivity (Wildman–Crippen MR) is 125 cm³/mol. The number of benzene rings is 2. The van der Waals surface area contributed by atoms with Gasteiger partial charge < -0.3 is 10.6 Å². The van der Waals surface area contributed by atoms with Crippen LogP contribution in [0.3, 0.4) is 0 Å². The van der Waals surface area contributed by atoms with Gasteiger partial charge in [-0.25, -0.2) is 0 Å². The summed E-state index contributed by atoms with van der Waals surface area (Å²) in [5.74, 6) is 0.0210. The van der Waals surface area contributed by atoms with Crippen LogP contribution in [0.2, 0.25) is 0 Å². The maximum Gasteiger partial charge on any atom is 0.263 e. The van der Waals surface area contributed by atoms with Crippen molar-refractivity contribution in [1.82, 2.24) is 0 Å². The number of aromatic nitrogens is 1. The molecule has 0 atom stereocenters. The minimum absolute atomic E-state index is 0.0210. The Kier molecular flexibility index (Phi) is 4.76. The third-order valence-electron chi connectivity index (χ3n) is 5.51. The van der Waals surface area contributed by atoms with E-state index in [1.165, 1.54) is 20.8 Å². The molecule has 30 heavy (non-hydrogen) atoms. The highest BCUT2D eigenvalue weighted by molar-refractivity contribution is 8.03. The van der Waals surface area contributed by atoms with E-state index in [0.717, 1.165) is 23.1 Å². The Labute approximate surface area is 184 Å². The van der Waals surface area contributed by atoms with Crippen molar-refractivity contribution in [2.75, 3.05) is 11.4 Å². The van der Waals surface area contributed by atoms with Gasteiger partial charge in [0.1, 0.15) is 11.2 Å². The average Bonchev–Trinajstić information content (AvgIpc) is 3.32. The number of thioether (sulfide) groups is 1. The summed E-state index contributed by atoms with van der Waals surface area (Å²) < 4.78 is 3.44. The van der Waals surface area contributed by atoms with Gasteiger partial charge in [0.15, 0.2) is 5.78 Å². The number of nitrogens with two attached hydrogens (primary N) is 1. The maximum atomic E-state index is 13.0. The van der Waals surface area contributed by atoms with Gasteiger partial charge in [0.2, 0.25) is 5.52 Å². The Balaban J connectivity index is 1.51. The summed E-state index contributed by atoms with van der Waals surface area (Å²) in [6, 6.07) is 16.6. The molecule has 0 saturated heterocycles. The van der Waals surface area contributed by atoms with E-state index in [1.54, 1.807) is 23.1 Å². The lowest BCUT2D eigenvalue weighted by atomic mass is 9.86. The second kappa shape index (κ2) is 7.45. The number of nitrogens with zero attached hydrogens (tertiary/aromatic N) is 2. The normalized spacial score (nSPS) is 18.6. The zero-order valence-electron chi connectivity index (χ0n) is 16.9. The second-order valence-electron chi connectivity index (χ2n) is 7.16. The molecule has 0 spiro atoms. The number of carbonyl (C=O) groups is 1. The van der Waals surface area contributed by atoms with Crippen molar-refractivity contribution in [2.24, 2.45) is 5.73 Å². The molecule has 2 aliphatic rings. The zero-order valence-corrected chi connectivity index (χ0v) is 18.5. The number of fused-ring (bicyclic) bond motifs is 2. The molecule has 6 heteroatoms. The Morgan fingerprint density at radius 1 is 1.07 bits per heavy atom. The number of ketones is 1. The van der Waals surface area contributed by atoms with Crippen molar-refractivity contribution >= 4 is 50.9 Å². The highest BCUT2D eigenvalue weighted by Gasteiger charge is 2.34. The van der Waals surface area contributed by atoms with E-state index in [4.69, 9.17) is 5.73 Å². The van der Waals surface area contributed by atoms with Crippen LogP contribution in [0.1, 0.15) is 18.9 Å². The van der Waals surface area contributed by atoms with Crippen molar-refractivity contribution in [2.45, 2.75) is 25.3 Å². The van der Waals surface area contributed by atoms with E-state index in [-0.39, 0.29) is 5.78 Å². The molecule has 0 unspecified atom stereocenters. The summed E-state index contributed by atoms with van der Waals surface area (Å²) in [4.78, 5) is 16.4. The Morgan fingerprint density at radius 2 is 1.83 bits per heavy atom. The number of para-hydroxylation sites is 2. The predicted octanol–water partition coefficient (Wildman–Crippen LogP) is 4.86. The summed E-state index contributed by atoms with van der Waals surface area (Å²) in [6.07, 6.45) is 3.89. The van der Waals surface area contributed by atoms with Gasteiger partial charge in [0.25, 0.3) is 5.01 Å². The van der Waals surface area contributed by atoms with E-state index >= 15 is 0 Å². The number of allylic oxidation sites excluding steroid dienone is 3. The van der Waals surface area contributed by atoms with E-state index in [2.05, 4.69) is 47.6 Å². The molecule has 1 aliphatic carbocycles. The summed E-state index contributed by atoms with van der Waals surface area (Å²) in [5, 5.41) is 2.10. The molecular formula is C24H22N3OS2+. The molecule has 0 saturated carbocycles. The largest absolute Gasteiger partial charge is 0.398 e.